The Kier molecular flexibility index (Phi) is 3.69. The number of fused-ring (bicyclic) bond motifs is 2. The highest BCUT2D eigenvalue weighted by atomic mass is 16.5. The van der Waals surface area contributed by atoms with Crippen LogP contribution in [0.1, 0.15) is 44.1 Å². The highest BCUT2D eigenvalue weighted by Gasteiger charge is 2.43. The smallest absolute Gasteiger partial charge is 0.165 e. The van der Waals surface area contributed by atoms with Crippen molar-refractivity contribution in [2.24, 2.45) is 0 Å². The molecule has 128 valence electrons. The molecule has 24 heavy (non-hydrogen) atoms. The molecule has 0 bridgehead atoms. The van der Waals surface area contributed by atoms with Crippen LogP contribution in [0.2, 0.25) is 0 Å². The molecule has 1 unspecified atom stereocenters. The number of rotatable bonds is 2. The molecule has 1 aromatic carbocycles. The van der Waals surface area contributed by atoms with Crippen LogP contribution in [0.4, 0.5) is 0 Å². The van der Waals surface area contributed by atoms with Crippen LogP contribution < -0.4 is 0 Å². The second-order valence-electron chi connectivity index (χ2n) is 7.89. The Bertz CT molecular complexity index is 731. The Labute approximate surface area is 142 Å². The van der Waals surface area contributed by atoms with E-state index in [0.717, 1.165) is 44.9 Å². The van der Waals surface area contributed by atoms with Gasteiger partial charge in [0.25, 0.3) is 0 Å². The molecule has 0 amide bonds. The van der Waals surface area contributed by atoms with E-state index in [-0.39, 0.29) is 11.1 Å². The maximum absolute atomic E-state index is 6.30. The molecule has 1 saturated heterocycles. The SMILES string of the molecule is CC(C)(C)n1nnnc1CN1CCOC2(CCc3ccccc32)C1. The number of aromatic nitrogens is 4. The lowest BCUT2D eigenvalue weighted by atomic mass is 9.93. The Morgan fingerprint density at radius 3 is 2.92 bits per heavy atom. The van der Waals surface area contributed by atoms with E-state index >= 15 is 0 Å². The molecule has 1 atom stereocenters. The van der Waals surface area contributed by atoms with E-state index in [1.807, 2.05) is 4.68 Å². The van der Waals surface area contributed by atoms with Crippen molar-refractivity contribution in [2.45, 2.75) is 51.3 Å². The number of benzene rings is 1. The van der Waals surface area contributed by atoms with E-state index in [9.17, 15) is 0 Å². The maximum Gasteiger partial charge on any atom is 0.165 e. The van der Waals surface area contributed by atoms with Gasteiger partial charge in [-0.1, -0.05) is 24.3 Å². The van der Waals surface area contributed by atoms with Gasteiger partial charge in [-0.2, -0.15) is 0 Å². The van der Waals surface area contributed by atoms with Crippen molar-refractivity contribution >= 4 is 0 Å². The number of hydrogen-bond donors (Lipinski definition) is 0. The van der Waals surface area contributed by atoms with Crippen molar-refractivity contribution < 1.29 is 4.74 Å². The van der Waals surface area contributed by atoms with Crippen molar-refractivity contribution in [3.8, 4) is 0 Å². The topological polar surface area (TPSA) is 56.1 Å². The molecule has 2 aromatic rings. The average molecular weight is 327 g/mol. The molecule has 0 radical (unpaired) electrons. The summed E-state index contributed by atoms with van der Waals surface area (Å²) in [5.41, 5.74) is 2.53. The zero-order valence-electron chi connectivity index (χ0n) is 14.7. The molecule has 0 saturated carbocycles. The second-order valence-corrected chi connectivity index (χ2v) is 7.89. The minimum atomic E-state index is -0.158. The van der Waals surface area contributed by atoms with Crippen molar-refractivity contribution in [3.05, 3.63) is 41.2 Å². The molecule has 1 aromatic heterocycles. The number of tetrazole rings is 1. The van der Waals surface area contributed by atoms with Gasteiger partial charge in [-0.05, 0) is 55.2 Å². The summed E-state index contributed by atoms with van der Waals surface area (Å²) in [4.78, 5) is 2.43. The number of ether oxygens (including phenoxy) is 1. The van der Waals surface area contributed by atoms with E-state index in [1.54, 1.807) is 0 Å². The predicted molar refractivity (Wildman–Crippen MR) is 90.5 cm³/mol. The summed E-state index contributed by atoms with van der Waals surface area (Å²) in [5, 5.41) is 12.3. The van der Waals surface area contributed by atoms with Gasteiger partial charge >= 0.3 is 0 Å². The van der Waals surface area contributed by atoms with Crippen molar-refractivity contribution in [2.75, 3.05) is 19.7 Å². The van der Waals surface area contributed by atoms with Crippen LogP contribution in [0.15, 0.2) is 24.3 Å². The third kappa shape index (κ3) is 2.63. The first-order valence-electron chi connectivity index (χ1n) is 8.70. The van der Waals surface area contributed by atoms with E-state index in [4.69, 9.17) is 4.74 Å². The first-order valence-corrected chi connectivity index (χ1v) is 8.70. The standard InChI is InChI=1S/C18H25N5O/c1-17(2,3)23-16(19-20-21-23)12-22-10-11-24-18(13-22)9-8-14-6-4-5-7-15(14)18/h4-7H,8-13H2,1-3H3. The van der Waals surface area contributed by atoms with Gasteiger partial charge in [-0.3, -0.25) is 4.90 Å². The quantitative estimate of drug-likeness (QED) is 0.845. The van der Waals surface area contributed by atoms with E-state index in [0.29, 0.717) is 0 Å². The van der Waals surface area contributed by atoms with Crippen LogP contribution in [0.25, 0.3) is 0 Å². The molecular formula is C18H25N5O. The molecule has 1 aliphatic carbocycles. The molecule has 1 aliphatic heterocycles. The molecule has 1 spiro atoms. The minimum Gasteiger partial charge on any atom is -0.368 e. The molecule has 6 heteroatoms. The Hall–Kier alpha value is -1.79. The maximum atomic E-state index is 6.30. The normalized spacial score (nSPS) is 24.5. The fourth-order valence-corrected chi connectivity index (χ4v) is 3.98. The summed E-state index contributed by atoms with van der Waals surface area (Å²) in [6.07, 6.45) is 2.16. The van der Waals surface area contributed by atoms with Gasteiger partial charge in [-0.15, -0.1) is 5.10 Å². The van der Waals surface area contributed by atoms with E-state index < -0.39 is 0 Å². The highest BCUT2D eigenvalue weighted by Crippen LogP contribution is 2.42. The Morgan fingerprint density at radius 2 is 2.08 bits per heavy atom. The number of aryl methyl sites for hydroxylation is 1. The molecule has 4 rings (SSSR count). The van der Waals surface area contributed by atoms with E-state index in [2.05, 4.69) is 65.5 Å². The Balaban J connectivity index is 1.56. The van der Waals surface area contributed by atoms with Gasteiger partial charge in [0.05, 0.1) is 18.7 Å². The Morgan fingerprint density at radius 1 is 1.25 bits per heavy atom. The van der Waals surface area contributed by atoms with Crippen LogP contribution in [0.5, 0.6) is 0 Å². The monoisotopic (exact) mass is 327 g/mol. The lowest BCUT2D eigenvalue weighted by molar-refractivity contribution is -0.116. The molecular weight excluding hydrogens is 302 g/mol. The summed E-state index contributed by atoms with van der Waals surface area (Å²) >= 11 is 0. The summed E-state index contributed by atoms with van der Waals surface area (Å²) in [7, 11) is 0. The van der Waals surface area contributed by atoms with Gasteiger partial charge < -0.3 is 4.74 Å². The lowest BCUT2D eigenvalue weighted by Gasteiger charge is -2.41. The molecule has 2 aliphatic rings. The van der Waals surface area contributed by atoms with Crippen LogP contribution in [0.3, 0.4) is 0 Å². The fourth-order valence-electron chi connectivity index (χ4n) is 3.98. The third-order valence-corrected chi connectivity index (χ3v) is 5.11. The second kappa shape index (κ2) is 5.63. The predicted octanol–water partition coefficient (Wildman–Crippen LogP) is 2.10. The molecule has 2 heterocycles. The highest BCUT2D eigenvalue weighted by molar-refractivity contribution is 5.38. The number of morpholine rings is 1. The van der Waals surface area contributed by atoms with Gasteiger partial charge in [0, 0.05) is 13.1 Å². The zero-order valence-corrected chi connectivity index (χ0v) is 14.7. The van der Waals surface area contributed by atoms with Gasteiger partial charge in [0.15, 0.2) is 5.82 Å². The van der Waals surface area contributed by atoms with Crippen LogP contribution in [-0.4, -0.2) is 44.8 Å². The number of hydrogen-bond acceptors (Lipinski definition) is 5. The van der Waals surface area contributed by atoms with Gasteiger partial charge in [0.1, 0.15) is 5.60 Å². The molecule has 1 fully saturated rings. The lowest BCUT2D eigenvalue weighted by Crippen LogP contribution is -2.48. The van der Waals surface area contributed by atoms with Crippen LogP contribution >= 0.6 is 0 Å². The molecule has 0 N–H and O–H groups in total. The third-order valence-electron chi connectivity index (χ3n) is 5.11. The minimum absolute atomic E-state index is 0.108. The first-order chi connectivity index (χ1) is 11.5. The summed E-state index contributed by atoms with van der Waals surface area (Å²) in [6.45, 7) is 9.72. The summed E-state index contributed by atoms with van der Waals surface area (Å²) in [5.74, 6) is 0.922. The largest absolute Gasteiger partial charge is 0.368 e. The van der Waals surface area contributed by atoms with Gasteiger partial charge in [-0.25, -0.2) is 4.68 Å². The van der Waals surface area contributed by atoms with Crippen molar-refractivity contribution in [3.63, 3.8) is 0 Å². The summed E-state index contributed by atoms with van der Waals surface area (Å²) in [6, 6.07) is 8.70. The molecule has 6 nitrogen and oxygen atoms in total. The van der Waals surface area contributed by atoms with Gasteiger partial charge in [0.2, 0.25) is 0 Å². The number of nitrogens with zero attached hydrogens (tertiary/aromatic N) is 5. The summed E-state index contributed by atoms with van der Waals surface area (Å²) < 4.78 is 8.23. The van der Waals surface area contributed by atoms with Crippen molar-refractivity contribution in [1.82, 2.24) is 25.1 Å². The first kappa shape index (κ1) is 15.7. The van der Waals surface area contributed by atoms with E-state index in [1.165, 1.54) is 11.1 Å². The fraction of sp³-hybridized carbons (Fsp3) is 0.611. The zero-order chi connectivity index (χ0) is 16.8. The van der Waals surface area contributed by atoms with Crippen LogP contribution in [0, 0.1) is 0 Å². The average Bonchev–Trinajstić information content (AvgIpc) is 3.14. The van der Waals surface area contributed by atoms with Crippen molar-refractivity contribution in [1.29, 1.82) is 0 Å². The van der Waals surface area contributed by atoms with Crippen LogP contribution in [-0.2, 0) is 28.8 Å².